The molecule has 0 radical (unpaired) electrons. The Balaban J connectivity index is 2.42. The molecule has 74 valence electrons. The van der Waals surface area contributed by atoms with Crippen molar-refractivity contribution in [2.24, 2.45) is 0 Å². The lowest BCUT2D eigenvalue weighted by Gasteiger charge is -2.17. The number of nitrogens with one attached hydrogen (secondary N) is 1. The van der Waals surface area contributed by atoms with Crippen LogP contribution in [-0.2, 0) is 14.6 Å². The lowest BCUT2D eigenvalue weighted by atomic mass is 10.2. The molecule has 2 heterocycles. The minimum atomic E-state index is -3.31. The first-order valence-corrected chi connectivity index (χ1v) is 6.66. The Morgan fingerprint density at radius 1 is 1.54 bits per heavy atom. The number of rotatable bonds is 0. The van der Waals surface area contributed by atoms with E-state index in [2.05, 4.69) is 37.2 Å². The molecule has 1 N–H and O–H groups in total. The zero-order valence-electron chi connectivity index (χ0n) is 6.16. The van der Waals surface area contributed by atoms with Crippen molar-refractivity contribution >= 4 is 47.8 Å². The average molecular weight is 335 g/mol. The second-order valence-electron chi connectivity index (χ2n) is 2.92. The van der Waals surface area contributed by atoms with Gasteiger partial charge in [-0.15, -0.1) is 0 Å². The van der Waals surface area contributed by atoms with Crippen LogP contribution in [0.25, 0.3) is 0 Å². The van der Waals surface area contributed by atoms with E-state index in [1.807, 2.05) is 0 Å². The van der Waals surface area contributed by atoms with E-state index in [0.29, 0.717) is 0 Å². The van der Waals surface area contributed by atoms with Crippen molar-refractivity contribution in [3.05, 3.63) is 0 Å². The number of ether oxygens (including phenoxy) is 1. The van der Waals surface area contributed by atoms with Gasteiger partial charge in [0.05, 0.1) is 11.8 Å². The molecule has 0 bridgehead atoms. The van der Waals surface area contributed by atoms with Crippen LogP contribution in [-0.4, -0.2) is 35.0 Å². The third kappa shape index (κ3) is 1.22. The molecule has 2 fully saturated rings. The third-order valence-electron chi connectivity index (χ3n) is 2.05. The highest BCUT2D eigenvalue weighted by Gasteiger charge is 2.62. The van der Waals surface area contributed by atoms with Gasteiger partial charge < -0.3 is 10.1 Å². The van der Waals surface area contributed by atoms with Crippen molar-refractivity contribution in [1.29, 1.82) is 0 Å². The first-order chi connectivity index (χ1) is 5.84. The predicted molar refractivity (Wildman–Crippen MR) is 51.6 cm³/mol. The van der Waals surface area contributed by atoms with Gasteiger partial charge in [0.25, 0.3) is 0 Å². The zero-order valence-corrected chi connectivity index (χ0v) is 10.1. The maximum atomic E-state index is 11.5. The number of carbonyl (C=O) groups is 1. The van der Waals surface area contributed by atoms with Crippen LogP contribution >= 0.6 is 31.9 Å². The molecule has 2 aliphatic rings. The summed E-state index contributed by atoms with van der Waals surface area (Å²) in [7, 11) is -3.31. The van der Waals surface area contributed by atoms with Crippen LogP contribution in [0.2, 0.25) is 0 Å². The quantitative estimate of drug-likeness (QED) is 0.648. The summed E-state index contributed by atoms with van der Waals surface area (Å²) < 4.78 is 26.4. The molecule has 5 nitrogen and oxygen atoms in total. The van der Waals surface area contributed by atoms with Crippen LogP contribution < -0.4 is 5.32 Å². The number of hydrogen-bond acceptors (Lipinski definition) is 4. The Labute approximate surface area is 91.4 Å². The van der Waals surface area contributed by atoms with Crippen molar-refractivity contribution in [2.75, 3.05) is 5.75 Å². The lowest BCUT2D eigenvalue weighted by Crippen LogP contribution is -2.34. The van der Waals surface area contributed by atoms with Gasteiger partial charge >= 0.3 is 6.09 Å². The Kier molecular flexibility index (Phi) is 1.95. The standard InChI is InChI=1S/C5H5Br2NO4S/c6-5(7)3-2(1-13(5,10)11)8-4(9)12-3/h2-3H,1H2,(H,8,9). The summed E-state index contributed by atoms with van der Waals surface area (Å²) >= 11 is 6.02. The van der Waals surface area contributed by atoms with Gasteiger partial charge in [0, 0.05) is 0 Å². The fourth-order valence-corrected chi connectivity index (χ4v) is 4.55. The van der Waals surface area contributed by atoms with E-state index in [1.54, 1.807) is 0 Å². The van der Waals surface area contributed by atoms with Crippen molar-refractivity contribution in [1.82, 2.24) is 5.32 Å². The van der Waals surface area contributed by atoms with Crippen LogP contribution in [0.5, 0.6) is 0 Å². The third-order valence-corrected chi connectivity index (χ3v) is 7.77. The maximum absolute atomic E-state index is 11.5. The van der Waals surface area contributed by atoms with Gasteiger partial charge in [0.2, 0.25) is 2.57 Å². The van der Waals surface area contributed by atoms with Gasteiger partial charge in [-0.1, -0.05) is 31.9 Å². The van der Waals surface area contributed by atoms with Crippen molar-refractivity contribution < 1.29 is 17.9 Å². The average Bonchev–Trinajstić information content (AvgIpc) is 2.35. The molecule has 0 spiro atoms. The normalized spacial score (nSPS) is 39.4. The highest BCUT2D eigenvalue weighted by atomic mass is 79.9. The molecule has 1 amide bonds. The number of hydrogen-bond donors (Lipinski definition) is 1. The van der Waals surface area contributed by atoms with E-state index in [1.165, 1.54) is 0 Å². The Morgan fingerprint density at radius 3 is 2.69 bits per heavy atom. The lowest BCUT2D eigenvalue weighted by molar-refractivity contribution is 0.141. The number of alkyl carbamates (subject to hydrolysis) is 1. The van der Waals surface area contributed by atoms with Crippen LogP contribution in [0, 0.1) is 0 Å². The second kappa shape index (κ2) is 2.60. The molecule has 8 heteroatoms. The summed E-state index contributed by atoms with van der Waals surface area (Å²) in [5.41, 5.74) is 0. The largest absolute Gasteiger partial charge is 0.440 e. The van der Waals surface area contributed by atoms with Crippen molar-refractivity contribution in [2.45, 2.75) is 14.7 Å². The highest BCUT2D eigenvalue weighted by Crippen LogP contribution is 2.46. The molecule has 0 aliphatic carbocycles. The molecular formula is C5H5Br2NO4S. The van der Waals surface area contributed by atoms with E-state index >= 15 is 0 Å². The van der Waals surface area contributed by atoms with Crippen molar-refractivity contribution in [3.8, 4) is 0 Å². The number of sulfone groups is 1. The molecule has 0 saturated carbocycles. The minimum Gasteiger partial charge on any atom is -0.440 e. The molecule has 0 aromatic carbocycles. The maximum Gasteiger partial charge on any atom is 0.407 e. The monoisotopic (exact) mass is 333 g/mol. The highest BCUT2D eigenvalue weighted by molar-refractivity contribution is 9.28. The van der Waals surface area contributed by atoms with Crippen molar-refractivity contribution in [3.63, 3.8) is 0 Å². The first-order valence-electron chi connectivity index (χ1n) is 3.42. The number of fused-ring (bicyclic) bond motifs is 1. The van der Waals surface area contributed by atoms with Gasteiger partial charge in [-0.25, -0.2) is 13.2 Å². The summed E-state index contributed by atoms with van der Waals surface area (Å²) in [5, 5.41) is 2.43. The number of amides is 1. The molecule has 13 heavy (non-hydrogen) atoms. The molecule has 0 aromatic heterocycles. The van der Waals surface area contributed by atoms with E-state index in [-0.39, 0.29) is 5.75 Å². The smallest absolute Gasteiger partial charge is 0.407 e. The zero-order chi connectivity index (χ0) is 9.85. The summed E-state index contributed by atoms with van der Waals surface area (Å²) in [6.07, 6.45) is -1.28. The second-order valence-corrected chi connectivity index (χ2v) is 9.74. The molecule has 2 rings (SSSR count). The van der Waals surface area contributed by atoms with E-state index in [0.717, 1.165) is 0 Å². The number of alkyl halides is 2. The van der Waals surface area contributed by atoms with Crippen LogP contribution in [0.3, 0.4) is 0 Å². The van der Waals surface area contributed by atoms with Crippen LogP contribution in [0.4, 0.5) is 4.79 Å². The summed E-state index contributed by atoms with van der Waals surface area (Å²) in [5.74, 6) is -0.111. The molecule has 0 aromatic rings. The fraction of sp³-hybridized carbons (Fsp3) is 0.800. The number of carbonyl (C=O) groups excluding carboxylic acids is 1. The summed E-state index contributed by atoms with van der Waals surface area (Å²) in [6.45, 7) is 0. The van der Waals surface area contributed by atoms with Crippen LogP contribution in [0.1, 0.15) is 0 Å². The van der Waals surface area contributed by atoms with Gasteiger partial charge in [-0.05, 0) is 0 Å². The minimum absolute atomic E-state index is 0.111. The molecule has 2 unspecified atom stereocenters. The fourth-order valence-electron chi connectivity index (χ4n) is 1.41. The SMILES string of the molecule is O=C1NC2CS(=O)(=O)C(Br)(Br)C2O1. The summed E-state index contributed by atoms with van der Waals surface area (Å²) in [6, 6.07) is -0.462. The predicted octanol–water partition coefficient (Wildman–Crippen LogP) is 0.335. The molecular weight excluding hydrogens is 330 g/mol. The van der Waals surface area contributed by atoms with Gasteiger partial charge in [0.1, 0.15) is 0 Å². The van der Waals surface area contributed by atoms with E-state index in [9.17, 15) is 13.2 Å². The van der Waals surface area contributed by atoms with Gasteiger partial charge in [-0.2, -0.15) is 0 Å². The first kappa shape index (κ1) is 9.72. The van der Waals surface area contributed by atoms with E-state index < -0.39 is 30.6 Å². The summed E-state index contributed by atoms with van der Waals surface area (Å²) in [4.78, 5) is 10.8. The molecule has 2 aliphatic heterocycles. The number of halogens is 2. The van der Waals surface area contributed by atoms with E-state index in [4.69, 9.17) is 4.74 Å². The topological polar surface area (TPSA) is 72.5 Å². The molecule has 2 saturated heterocycles. The Bertz CT molecular complexity index is 365. The van der Waals surface area contributed by atoms with Gasteiger partial charge in [-0.3, -0.25) is 0 Å². The van der Waals surface area contributed by atoms with Gasteiger partial charge in [0.15, 0.2) is 15.9 Å². The van der Waals surface area contributed by atoms with Crippen LogP contribution in [0.15, 0.2) is 0 Å². The Morgan fingerprint density at radius 2 is 2.15 bits per heavy atom. The Hall–Kier alpha value is 0.180. The molecule has 2 atom stereocenters.